The molecular weight excluding hydrogens is 322 g/mol. The molecule has 0 saturated heterocycles. The molecule has 2 aromatic carbocycles. The normalized spacial score (nSPS) is 14.0. The quantitative estimate of drug-likeness (QED) is 0.802. The van der Waals surface area contributed by atoms with Gasteiger partial charge in [-0.2, -0.15) is 0 Å². The number of ketones is 1. The highest BCUT2D eigenvalue weighted by molar-refractivity contribution is 6.14. The summed E-state index contributed by atoms with van der Waals surface area (Å²) in [5.41, 5.74) is 1.22. The summed E-state index contributed by atoms with van der Waals surface area (Å²) in [4.78, 5) is 25.4. The van der Waals surface area contributed by atoms with E-state index in [0.717, 1.165) is 5.56 Å². The Morgan fingerprint density at radius 2 is 1.92 bits per heavy atom. The molecular formula is C19H17NO5. The molecule has 1 aliphatic heterocycles. The summed E-state index contributed by atoms with van der Waals surface area (Å²) in [5.74, 6) is 1.36. The lowest BCUT2D eigenvalue weighted by molar-refractivity contribution is 0.101. The standard InChI is InChI=1S/C19H17NO5/c1-20(2)19(22)24-14-7-8-15-16(11-14)25-17(18(15)21)10-12-5-4-6-13(9-12)23-3/h4-11H,1-3H3/b17-10-. The van der Waals surface area contributed by atoms with E-state index < -0.39 is 6.09 Å². The average molecular weight is 339 g/mol. The zero-order valence-corrected chi connectivity index (χ0v) is 14.1. The first kappa shape index (κ1) is 16.6. The monoisotopic (exact) mass is 339 g/mol. The third kappa shape index (κ3) is 3.47. The Kier molecular flexibility index (Phi) is 4.43. The lowest BCUT2D eigenvalue weighted by atomic mass is 10.1. The highest BCUT2D eigenvalue weighted by Crippen LogP contribution is 2.35. The fraction of sp³-hybridized carbons (Fsp3) is 0.158. The van der Waals surface area contributed by atoms with Gasteiger partial charge in [0.25, 0.3) is 0 Å². The van der Waals surface area contributed by atoms with E-state index in [0.29, 0.717) is 22.8 Å². The summed E-state index contributed by atoms with van der Waals surface area (Å²) in [7, 11) is 4.76. The van der Waals surface area contributed by atoms with E-state index in [9.17, 15) is 9.59 Å². The number of ether oxygens (including phenoxy) is 3. The van der Waals surface area contributed by atoms with Crippen LogP contribution in [0.4, 0.5) is 4.79 Å². The number of hydrogen-bond acceptors (Lipinski definition) is 5. The van der Waals surface area contributed by atoms with Crippen LogP contribution in [0.25, 0.3) is 6.08 Å². The molecule has 0 aliphatic carbocycles. The molecule has 6 heteroatoms. The Bertz CT molecular complexity index is 870. The molecule has 0 radical (unpaired) electrons. The predicted octanol–water partition coefficient (Wildman–Crippen LogP) is 3.37. The molecule has 0 fully saturated rings. The van der Waals surface area contributed by atoms with Crippen molar-refractivity contribution in [2.75, 3.05) is 21.2 Å². The molecule has 0 saturated carbocycles. The Labute approximate surface area is 145 Å². The number of benzene rings is 2. The third-order valence-electron chi connectivity index (χ3n) is 3.60. The number of rotatable bonds is 3. The number of allylic oxidation sites excluding steroid dienone is 1. The van der Waals surface area contributed by atoms with Crippen LogP contribution in [-0.4, -0.2) is 38.0 Å². The predicted molar refractivity (Wildman–Crippen MR) is 92.1 cm³/mol. The van der Waals surface area contributed by atoms with Crippen LogP contribution in [0.5, 0.6) is 17.2 Å². The smallest absolute Gasteiger partial charge is 0.414 e. The molecule has 0 spiro atoms. The maximum atomic E-state index is 12.5. The number of fused-ring (bicyclic) bond motifs is 1. The molecule has 3 rings (SSSR count). The SMILES string of the molecule is COc1cccc(/C=C2\Oc3cc(OC(=O)N(C)C)ccc3C2=O)c1. The Hall–Kier alpha value is -3.28. The zero-order valence-electron chi connectivity index (χ0n) is 14.1. The minimum atomic E-state index is -0.503. The van der Waals surface area contributed by atoms with Gasteiger partial charge < -0.3 is 19.1 Å². The van der Waals surface area contributed by atoms with Crippen LogP contribution in [0.2, 0.25) is 0 Å². The van der Waals surface area contributed by atoms with Gasteiger partial charge in [0.2, 0.25) is 5.78 Å². The van der Waals surface area contributed by atoms with Crippen molar-refractivity contribution in [3.05, 3.63) is 59.4 Å². The van der Waals surface area contributed by atoms with E-state index in [4.69, 9.17) is 14.2 Å². The molecule has 6 nitrogen and oxygen atoms in total. The third-order valence-corrected chi connectivity index (χ3v) is 3.60. The zero-order chi connectivity index (χ0) is 18.0. The van der Waals surface area contributed by atoms with Crippen molar-refractivity contribution in [2.24, 2.45) is 0 Å². The first-order valence-corrected chi connectivity index (χ1v) is 7.59. The Balaban J connectivity index is 1.85. The van der Waals surface area contributed by atoms with Gasteiger partial charge >= 0.3 is 6.09 Å². The molecule has 2 aromatic rings. The number of methoxy groups -OCH3 is 1. The highest BCUT2D eigenvalue weighted by atomic mass is 16.6. The molecule has 1 aliphatic rings. The van der Waals surface area contributed by atoms with Gasteiger partial charge in [-0.3, -0.25) is 4.79 Å². The van der Waals surface area contributed by atoms with Crippen LogP contribution in [0.3, 0.4) is 0 Å². The van der Waals surface area contributed by atoms with Gasteiger partial charge in [0.05, 0.1) is 12.7 Å². The molecule has 0 N–H and O–H groups in total. The molecule has 128 valence electrons. The molecule has 0 unspecified atom stereocenters. The maximum Gasteiger partial charge on any atom is 0.414 e. The summed E-state index contributed by atoms with van der Waals surface area (Å²) in [6, 6.07) is 12.0. The van der Waals surface area contributed by atoms with Gasteiger partial charge in [0.1, 0.15) is 17.2 Å². The van der Waals surface area contributed by atoms with E-state index in [-0.39, 0.29) is 11.5 Å². The second-order valence-electron chi connectivity index (χ2n) is 5.64. The Morgan fingerprint density at radius 3 is 2.64 bits per heavy atom. The highest BCUT2D eigenvalue weighted by Gasteiger charge is 2.28. The first-order chi connectivity index (χ1) is 12.0. The summed E-state index contributed by atoms with van der Waals surface area (Å²) in [6.45, 7) is 0. The number of amides is 1. The van der Waals surface area contributed by atoms with Crippen LogP contribution >= 0.6 is 0 Å². The molecule has 25 heavy (non-hydrogen) atoms. The Morgan fingerprint density at radius 1 is 1.12 bits per heavy atom. The molecule has 0 atom stereocenters. The van der Waals surface area contributed by atoms with Crippen molar-refractivity contribution in [3.63, 3.8) is 0 Å². The minimum absolute atomic E-state index is 0.208. The second kappa shape index (κ2) is 6.68. The summed E-state index contributed by atoms with van der Waals surface area (Å²) >= 11 is 0. The second-order valence-corrected chi connectivity index (χ2v) is 5.64. The van der Waals surface area contributed by atoms with Gasteiger partial charge in [-0.1, -0.05) is 12.1 Å². The van der Waals surface area contributed by atoms with Crippen molar-refractivity contribution in [1.29, 1.82) is 0 Å². The topological polar surface area (TPSA) is 65.1 Å². The van der Waals surface area contributed by atoms with Gasteiger partial charge in [0.15, 0.2) is 5.76 Å². The van der Waals surface area contributed by atoms with Gasteiger partial charge in [0, 0.05) is 20.2 Å². The van der Waals surface area contributed by atoms with E-state index in [1.807, 2.05) is 18.2 Å². The van der Waals surface area contributed by atoms with Crippen molar-refractivity contribution in [2.45, 2.75) is 0 Å². The minimum Gasteiger partial charge on any atom is -0.497 e. The number of Topliss-reactive ketones (excluding diaryl/α,β-unsaturated/α-hetero) is 1. The number of hydrogen-bond donors (Lipinski definition) is 0. The largest absolute Gasteiger partial charge is 0.497 e. The van der Waals surface area contributed by atoms with Crippen molar-refractivity contribution >= 4 is 18.0 Å². The van der Waals surface area contributed by atoms with Crippen molar-refractivity contribution < 1.29 is 23.8 Å². The molecule has 1 heterocycles. The van der Waals surface area contributed by atoms with Gasteiger partial charge in [-0.05, 0) is 35.9 Å². The first-order valence-electron chi connectivity index (χ1n) is 7.59. The maximum absolute atomic E-state index is 12.5. The van der Waals surface area contributed by atoms with Crippen LogP contribution in [0, 0.1) is 0 Å². The van der Waals surface area contributed by atoms with E-state index in [1.54, 1.807) is 45.5 Å². The average Bonchev–Trinajstić information content (AvgIpc) is 2.90. The van der Waals surface area contributed by atoms with Crippen LogP contribution < -0.4 is 14.2 Å². The van der Waals surface area contributed by atoms with Gasteiger partial charge in [-0.15, -0.1) is 0 Å². The fourth-order valence-corrected chi connectivity index (χ4v) is 2.31. The van der Waals surface area contributed by atoms with Crippen molar-refractivity contribution in [1.82, 2.24) is 4.90 Å². The lowest BCUT2D eigenvalue weighted by Gasteiger charge is -2.10. The number of carbonyl (C=O) groups is 2. The summed E-state index contributed by atoms with van der Waals surface area (Å²) < 4.78 is 16.0. The van der Waals surface area contributed by atoms with E-state index >= 15 is 0 Å². The van der Waals surface area contributed by atoms with Crippen LogP contribution in [0.15, 0.2) is 48.2 Å². The number of nitrogens with zero attached hydrogens (tertiary/aromatic N) is 1. The van der Waals surface area contributed by atoms with E-state index in [2.05, 4.69) is 0 Å². The summed E-state index contributed by atoms with van der Waals surface area (Å²) in [5, 5.41) is 0. The molecule has 1 amide bonds. The fourth-order valence-electron chi connectivity index (χ4n) is 2.31. The van der Waals surface area contributed by atoms with Gasteiger partial charge in [-0.25, -0.2) is 4.79 Å². The van der Waals surface area contributed by atoms with E-state index in [1.165, 1.54) is 11.0 Å². The molecule has 0 aromatic heterocycles. The number of carbonyl (C=O) groups excluding carboxylic acids is 2. The molecule has 0 bridgehead atoms. The van der Waals surface area contributed by atoms with Crippen molar-refractivity contribution in [3.8, 4) is 17.2 Å². The summed E-state index contributed by atoms with van der Waals surface area (Å²) in [6.07, 6.45) is 1.15. The van der Waals surface area contributed by atoms with Crippen LogP contribution in [-0.2, 0) is 0 Å². The van der Waals surface area contributed by atoms with Crippen LogP contribution in [0.1, 0.15) is 15.9 Å². The lowest BCUT2D eigenvalue weighted by Crippen LogP contribution is -2.25.